The predicted molar refractivity (Wildman–Crippen MR) is 180 cm³/mol. The first-order valence-electron chi connectivity index (χ1n) is 15.8. The van der Waals surface area contributed by atoms with Gasteiger partial charge in [-0.2, -0.15) is 0 Å². The predicted octanol–water partition coefficient (Wildman–Crippen LogP) is 6.84. The van der Waals surface area contributed by atoms with Crippen LogP contribution in [0.4, 0.5) is 0 Å². The zero-order chi connectivity index (χ0) is 34.7. The largest absolute Gasteiger partial charge is 0.494 e. The van der Waals surface area contributed by atoms with E-state index in [0.717, 1.165) is 54.2 Å². The lowest BCUT2D eigenvalue weighted by Crippen LogP contribution is -2.12. The van der Waals surface area contributed by atoms with Gasteiger partial charge in [-0.3, -0.25) is 4.79 Å². The number of benzene rings is 3. The van der Waals surface area contributed by atoms with Gasteiger partial charge in [0.1, 0.15) is 30.5 Å². The molecule has 10 nitrogen and oxygen atoms in total. The molecule has 0 aliphatic carbocycles. The van der Waals surface area contributed by atoms with Crippen LogP contribution in [0.15, 0.2) is 91.5 Å². The van der Waals surface area contributed by atoms with Crippen LogP contribution in [0.3, 0.4) is 0 Å². The normalized spacial score (nSPS) is 10.4. The van der Waals surface area contributed by atoms with E-state index < -0.39 is 23.9 Å². The molecule has 0 fully saturated rings. The lowest BCUT2D eigenvalue weighted by atomic mass is 10.0. The highest BCUT2D eigenvalue weighted by molar-refractivity contribution is 5.93. The van der Waals surface area contributed by atoms with E-state index in [2.05, 4.69) is 17.9 Å². The fourth-order valence-electron chi connectivity index (χ4n) is 4.43. The first-order valence-corrected chi connectivity index (χ1v) is 15.8. The molecule has 0 amide bonds. The molecular formula is C38H42O10. The third-order valence-electron chi connectivity index (χ3n) is 7.10. The molecule has 0 saturated heterocycles. The summed E-state index contributed by atoms with van der Waals surface area (Å²) in [7, 11) is 1.25. The monoisotopic (exact) mass is 658 g/mol. The molecule has 0 saturated carbocycles. The standard InChI is InChI=1S/C38H42O10/c1-5-28-26-31(15-20-34(28)45-23-24-46-35(39)6-2)29-11-18-33(19-12-29)48-38(42)30-13-16-32(17-14-30)44-21-9-7-8-10-22-47-37(41)27(3)25-36(40)43-4/h6,11-20,26H,2-3,5,7-10,21-25H2,1,4H3. The number of hydrogen-bond acceptors (Lipinski definition) is 10. The van der Waals surface area contributed by atoms with Crippen molar-refractivity contribution >= 4 is 23.9 Å². The van der Waals surface area contributed by atoms with Gasteiger partial charge < -0.3 is 28.4 Å². The first-order chi connectivity index (χ1) is 23.2. The Balaban J connectivity index is 1.37. The lowest BCUT2D eigenvalue weighted by Gasteiger charge is -2.13. The summed E-state index contributed by atoms with van der Waals surface area (Å²) in [6.45, 7) is 10.1. The summed E-state index contributed by atoms with van der Waals surface area (Å²) in [5.74, 6) is -0.278. The van der Waals surface area contributed by atoms with Crippen molar-refractivity contribution in [3.63, 3.8) is 0 Å². The van der Waals surface area contributed by atoms with Gasteiger partial charge in [-0.25, -0.2) is 14.4 Å². The fraction of sp³-hybridized carbons (Fsp3) is 0.316. The van der Waals surface area contributed by atoms with Crippen molar-refractivity contribution < 1.29 is 47.6 Å². The molecule has 0 heterocycles. The van der Waals surface area contributed by atoms with Crippen LogP contribution >= 0.6 is 0 Å². The molecule has 0 aliphatic heterocycles. The molecule has 10 heteroatoms. The zero-order valence-electron chi connectivity index (χ0n) is 27.5. The van der Waals surface area contributed by atoms with Crippen molar-refractivity contribution in [2.24, 2.45) is 0 Å². The van der Waals surface area contributed by atoms with Gasteiger partial charge in [-0.1, -0.05) is 38.3 Å². The number of carbonyl (C=O) groups is 4. The van der Waals surface area contributed by atoms with E-state index in [1.807, 2.05) is 37.3 Å². The maximum absolute atomic E-state index is 12.7. The Labute approximate surface area is 281 Å². The highest BCUT2D eigenvalue weighted by Crippen LogP contribution is 2.29. The van der Waals surface area contributed by atoms with Crippen LogP contribution < -0.4 is 14.2 Å². The Hall–Kier alpha value is -5.38. The summed E-state index contributed by atoms with van der Waals surface area (Å²) in [6.07, 6.45) is 4.94. The van der Waals surface area contributed by atoms with Crippen LogP contribution in [0, 0.1) is 0 Å². The van der Waals surface area contributed by atoms with Crippen molar-refractivity contribution in [2.75, 3.05) is 33.5 Å². The summed E-state index contributed by atoms with van der Waals surface area (Å²) in [6, 6.07) is 19.9. The van der Waals surface area contributed by atoms with Gasteiger partial charge in [0, 0.05) is 11.6 Å². The molecule has 0 N–H and O–H groups in total. The second kappa shape index (κ2) is 20.0. The summed E-state index contributed by atoms with van der Waals surface area (Å²) >= 11 is 0. The SMILES string of the molecule is C=CC(=O)OCCOc1ccc(-c2ccc(OC(=O)c3ccc(OCCCCCCOC(=O)C(=C)CC(=O)OC)cc3)cc2)cc1CC. The molecule has 3 aromatic rings. The van der Waals surface area contributed by atoms with Gasteiger partial charge in [0.2, 0.25) is 0 Å². The number of esters is 4. The minimum atomic E-state index is -0.589. The molecule has 0 spiro atoms. The lowest BCUT2D eigenvalue weighted by molar-refractivity contribution is -0.144. The maximum atomic E-state index is 12.7. The van der Waals surface area contributed by atoms with Gasteiger partial charge >= 0.3 is 23.9 Å². The highest BCUT2D eigenvalue weighted by Gasteiger charge is 2.13. The van der Waals surface area contributed by atoms with Crippen molar-refractivity contribution in [1.82, 2.24) is 0 Å². The summed E-state index contributed by atoms with van der Waals surface area (Å²) in [5, 5.41) is 0. The van der Waals surface area contributed by atoms with E-state index in [0.29, 0.717) is 30.1 Å². The Morgan fingerprint density at radius 3 is 2.06 bits per heavy atom. The summed E-state index contributed by atoms with van der Waals surface area (Å²) in [4.78, 5) is 46.9. The minimum absolute atomic E-state index is 0.0737. The van der Waals surface area contributed by atoms with Crippen molar-refractivity contribution in [1.29, 1.82) is 0 Å². The van der Waals surface area contributed by atoms with Crippen LogP contribution in [-0.2, 0) is 35.0 Å². The molecule has 0 radical (unpaired) electrons. The molecule has 3 rings (SSSR count). The number of ether oxygens (including phenoxy) is 6. The van der Waals surface area contributed by atoms with Crippen LogP contribution in [0.2, 0.25) is 0 Å². The Bertz CT molecular complexity index is 1540. The van der Waals surface area contributed by atoms with E-state index in [1.165, 1.54) is 7.11 Å². The molecule has 0 atom stereocenters. The topological polar surface area (TPSA) is 124 Å². The number of carbonyl (C=O) groups excluding carboxylic acids is 4. The van der Waals surface area contributed by atoms with Crippen LogP contribution in [0.1, 0.15) is 54.9 Å². The van der Waals surface area contributed by atoms with Gasteiger partial charge in [0.05, 0.1) is 32.3 Å². The van der Waals surface area contributed by atoms with Crippen molar-refractivity contribution in [3.05, 3.63) is 103 Å². The highest BCUT2D eigenvalue weighted by atomic mass is 16.6. The molecule has 0 bridgehead atoms. The number of aryl methyl sites for hydroxylation is 1. The Morgan fingerprint density at radius 1 is 0.729 bits per heavy atom. The van der Waals surface area contributed by atoms with E-state index in [-0.39, 0.29) is 31.8 Å². The van der Waals surface area contributed by atoms with Crippen LogP contribution in [0.5, 0.6) is 17.2 Å². The van der Waals surface area contributed by atoms with Crippen molar-refractivity contribution in [3.8, 4) is 28.4 Å². The van der Waals surface area contributed by atoms with Crippen molar-refractivity contribution in [2.45, 2.75) is 45.4 Å². The molecular weight excluding hydrogens is 616 g/mol. The molecule has 0 unspecified atom stereocenters. The average molecular weight is 659 g/mol. The molecule has 254 valence electrons. The maximum Gasteiger partial charge on any atom is 0.343 e. The van der Waals surface area contributed by atoms with E-state index in [1.54, 1.807) is 36.4 Å². The Kier molecular flexibility index (Phi) is 15.4. The van der Waals surface area contributed by atoms with E-state index in [9.17, 15) is 19.2 Å². The van der Waals surface area contributed by atoms with E-state index in [4.69, 9.17) is 23.7 Å². The smallest absolute Gasteiger partial charge is 0.343 e. The molecule has 0 aliphatic rings. The summed E-state index contributed by atoms with van der Waals surface area (Å²) in [5.41, 5.74) is 3.44. The van der Waals surface area contributed by atoms with Gasteiger partial charge in [-0.05, 0) is 97.3 Å². The second-order valence-corrected chi connectivity index (χ2v) is 10.6. The second-order valence-electron chi connectivity index (χ2n) is 10.6. The van der Waals surface area contributed by atoms with Gasteiger partial charge in [0.15, 0.2) is 0 Å². The average Bonchev–Trinajstić information content (AvgIpc) is 3.11. The fourth-order valence-corrected chi connectivity index (χ4v) is 4.43. The number of rotatable bonds is 20. The molecule has 48 heavy (non-hydrogen) atoms. The number of methoxy groups -OCH3 is 1. The quantitative estimate of drug-likeness (QED) is 0.0419. The minimum Gasteiger partial charge on any atom is -0.494 e. The van der Waals surface area contributed by atoms with Gasteiger partial charge in [0.25, 0.3) is 0 Å². The zero-order valence-corrected chi connectivity index (χ0v) is 27.5. The Morgan fingerprint density at radius 2 is 1.40 bits per heavy atom. The van der Waals surface area contributed by atoms with Crippen LogP contribution in [0.25, 0.3) is 11.1 Å². The molecule has 3 aromatic carbocycles. The third-order valence-corrected chi connectivity index (χ3v) is 7.10. The number of hydrogen-bond donors (Lipinski definition) is 0. The van der Waals surface area contributed by atoms with E-state index >= 15 is 0 Å². The number of unbranched alkanes of at least 4 members (excludes halogenated alkanes) is 3. The molecule has 0 aromatic heterocycles. The van der Waals surface area contributed by atoms with Gasteiger partial charge in [-0.15, -0.1) is 0 Å². The third kappa shape index (κ3) is 12.4. The summed E-state index contributed by atoms with van der Waals surface area (Å²) < 4.78 is 31.7. The first kappa shape index (κ1) is 37.1. The van der Waals surface area contributed by atoms with Crippen LogP contribution in [-0.4, -0.2) is 57.4 Å².